The molecular formula is C16H18N8O. The summed E-state index contributed by atoms with van der Waals surface area (Å²) in [6.45, 7) is 5.11. The standard InChI is InChI=1S/C16H18N8O/c1-10-8-23(9-14-18-17-11(2)24(10)14)16(25)13-6-4-12(5-7-13)15-19-21-22(3)20-15/h4-7,10H,8-9H2,1-3H3/t10-/m0/s1. The fourth-order valence-electron chi connectivity index (χ4n) is 3.23. The van der Waals surface area contributed by atoms with Gasteiger partial charge in [0.15, 0.2) is 5.82 Å². The molecular weight excluding hydrogens is 320 g/mol. The van der Waals surface area contributed by atoms with Crippen LogP contribution in [-0.4, -0.2) is 52.3 Å². The highest BCUT2D eigenvalue weighted by atomic mass is 16.2. The first-order valence-electron chi connectivity index (χ1n) is 8.07. The summed E-state index contributed by atoms with van der Waals surface area (Å²) in [5.74, 6) is 2.23. The van der Waals surface area contributed by atoms with E-state index in [0.717, 1.165) is 17.2 Å². The summed E-state index contributed by atoms with van der Waals surface area (Å²) in [5.41, 5.74) is 1.46. The Kier molecular flexibility index (Phi) is 3.56. The van der Waals surface area contributed by atoms with Gasteiger partial charge in [-0.3, -0.25) is 4.79 Å². The lowest BCUT2D eigenvalue weighted by Crippen LogP contribution is -2.40. The molecule has 4 rings (SSSR count). The van der Waals surface area contributed by atoms with Crippen LogP contribution in [0.5, 0.6) is 0 Å². The second-order valence-corrected chi connectivity index (χ2v) is 6.25. The fraction of sp³-hybridized carbons (Fsp3) is 0.375. The van der Waals surface area contributed by atoms with E-state index in [1.165, 1.54) is 4.80 Å². The normalized spacial score (nSPS) is 16.8. The van der Waals surface area contributed by atoms with Gasteiger partial charge in [0.1, 0.15) is 5.82 Å². The lowest BCUT2D eigenvalue weighted by atomic mass is 10.1. The number of aryl methyl sites for hydroxylation is 2. The molecule has 1 aliphatic rings. The summed E-state index contributed by atoms with van der Waals surface area (Å²) < 4.78 is 2.09. The number of carbonyl (C=O) groups excluding carboxylic acids is 1. The topological polar surface area (TPSA) is 94.6 Å². The van der Waals surface area contributed by atoms with E-state index >= 15 is 0 Å². The van der Waals surface area contributed by atoms with E-state index < -0.39 is 0 Å². The Morgan fingerprint density at radius 2 is 1.92 bits per heavy atom. The van der Waals surface area contributed by atoms with Gasteiger partial charge in [-0.2, -0.15) is 4.80 Å². The van der Waals surface area contributed by atoms with Gasteiger partial charge >= 0.3 is 0 Å². The SMILES string of the molecule is Cc1nnc2n1[C@@H](C)CN(C(=O)c1ccc(-c3nnn(C)n3)cc1)C2. The van der Waals surface area contributed by atoms with Gasteiger partial charge in [-0.15, -0.1) is 20.4 Å². The molecule has 3 heterocycles. The zero-order chi connectivity index (χ0) is 17.6. The number of hydrogen-bond donors (Lipinski definition) is 0. The van der Waals surface area contributed by atoms with Crippen molar-refractivity contribution in [3.63, 3.8) is 0 Å². The highest BCUT2D eigenvalue weighted by Gasteiger charge is 2.28. The van der Waals surface area contributed by atoms with Crippen LogP contribution >= 0.6 is 0 Å². The number of benzene rings is 1. The van der Waals surface area contributed by atoms with Gasteiger partial charge in [-0.25, -0.2) is 0 Å². The van der Waals surface area contributed by atoms with Gasteiger partial charge in [0.2, 0.25) is 5.82 Å². The minimum Gasteiger partial charge on any atom is -0.329 e. The minimum atomic E-state index is -0.0163. The first-order valence-corrected chi connectivity index (χ1v) is 8.07. The zero-order valence-corrected chi connectivity index (χ0v) is 14.3. The Bertz CT molecular complexity index is 926. The second-order valence-electron chi connectivity index (χ2n) is 6.25. The molecule has 2 aromatic heterocycles. The number of amides is 1. The quantitative estimate of drug-likeness (QED) is 0.692. The predicted molar refractivity (Wildman–Crippen MR) is 88.4 cm³/mol. The van der Waals surface area contributed by atoms with E-state index in [1.807, 2.05) is 24.0 Å². The van der Waals surface area contributed by atoms with E-state index in [0.29, 0.717) is 24.5 Å². The molecule has 0 saturated carbocycles. The van der Waals surface area contributed by atoms with E-state index in [1.54, 1.807) is 19.2 Å². The summed E-state index contributed by atoms with van der Waals surface area (Å²) in [7, 11) is 1.71. The molecule has 3 aromatic rings. The predicted octanol–water partition coefficient (Wildman–Crippen LogP) is 0.994. The molecule has 0 fully saturated rings. The van der Waals surface area contributed by atoms with Gasteiger partial charge in [-0.05, 0) is 31.2 Å². The molecule has 1 atom stereocenters. The molecule has 1 aliphatic heterocycles. The fourth-order valence-corrected chi connectivity index (χ4v) is 3.23. The highest BCUT2D eigenvalue weighted by molar-refractivity contribution is 5.94. The van der Waals surface area contributed by atoms with Crippen LogP contribution in [0, 0.1) is 6.92 Å². The molecule has 128 valence electrons. The summed E-state index contributed by atoms with van der Waals surface area (Å²) >= 11 is 0. The zero-order valence-electron chi connectivity index (χ0n) is 14.3. The molecule has 25 heavy (non-hydrogen) atoms. The smallest absolute Gasteiger partial charge is 0.254 e. The average Bonchev–Trinajstić information content (AvgIpc) is 3.21. The van der Waals surface area contributed by atoms with Crippen molar-refractivity contribution < 1.29 is 4.79 Å². The third-order valence-corrected chi connectivity index (χ3v) is 4.38. The number of rotatable bonds is 2. The van der Waals surface area contributed by atoms with Gasteiger partial charge in [0.05, 0.1) is 19.6 Å². The third kappa shape index (κ3) is 2.67. The van der Waals surface area contributed by atoms with E-state index in [2.05, 4.69) is 37.1 Å². The molecule has 0 aliphatic carbocycles. The van der Waals surface area contributed by atoms with Crippen LogP contribution in [0.1, 0.15) is 35.0 Å². The molecule has 0 bridgehead atoms. The number of fused-ring (bicyclic) bond motifs is 1. The molecule has 1 aromatic carbocycles. The Hall–Kier alpha value is -3.10. The molecule has 9 nitrogen and oxygen atoms in total. The van der Waals surface area contributed by atoms with Crippen molar-refractivity contribution in [3.8, 4) is 11.4 Å². The van der Waals surface area contributed by atoms with Crippen molar-refractivity contribution in [2.24, 2.45) is 7.05 Å². The number of nitrogens with zero attached hydrogens (tertiary/aromatic N) is 8. The largest absolute Gasteiger partial charge is 0.329 e. The van der Waals surface area contributed by atoms with Gasteiger partial charge in [0.25, 0.3) is 5.91 Å². The number of carbonyl (C=O) groups is 1. The Labute approximate surface area is 144 Å². The lowest BCUT2D eigenvalue weighted by Gasteiger charge is -2.32. The molecule has 9 heteroatoms. The summed E-state index contributed by atoms with van der Waals surface area (Å²) in [6.07, 6.45) is 0. The highest BCUT2D eigenvalue weighted by Crippen LogP contribution is 2.23. The molecule has 0 spiro atoms. The van der Waals surface area contributed by atoms with Crippen molar-refractivity contribution in [2.45, 2.75) is 26.4 Å². The molecule has 1 amide bonds. The first kappa shape index (κ1) is 15.4. The maximum absolute atomic E-state index is 12.8. The summed E-state index contributed by atoms with van der Waals surface area (Å²) in [6, 6.07) is 7.42. The Morgan fingerprint density at radius 3 is 2.60 bits per heavy atom. The molecule has 0 N–H and O–H groups in total. The minimum absolute atomic E-state index is 0.0163. The molecule has 0 radical (unpaired) electrons. The van der Waals surface area contributed by atoms with Crippen LogP contribution in [0.4, 0.5) is 0 Å². The first-order chi connectivity index (χ1) is 12.0. The van der Waals surface area contributed by atoms with Crippen LogP contribution in [0.25, 0.3) is 11.4 Å². The number of aromatic nitrogens is 7. The number of tetrazole rings is 1. The van der Waals surface area contributed by atoms with Crippen molar-refractivity contribution in [1.29, 1.82) is 0 Å². The van der Waals surface area contributed by atoms with E-state index in [9.17, 15) is 4.79 Å². The van der Waals surface area contributed by atoms with Crippen molar-refractivity contribution in [2.75, 3.05) is 6.54 Å². The van der Waals surface area contributed by atoms with E-state index in [4.69, 9.17) is 0 Å². The maximum Gasteiger partial charge on any atom is 0.254 e. The van der Waals surface area contributed by atoms with E-state index in [-0.39, 0.29) is 11.9 Å². The Morgan fingerprint density at radius 1 is 1.16 bits per heavy atom. The monoisotopic (exact) mass is 338 g/mol. The van der Waals surface area contributed by atoms with Gasteiger partial charge < -0.3 is 9.47 Å². The Balaban J connectivity index is 1.55. The van der Waals surface area contributed by atoms with Crippen LogP contribution in [0.2, 0.25) is 0 Å². The average molecular weight is 338 g/mol. The van der Waals surface area contributed by atoms with Gasteiger partial charge in [0, 0.05) is 17.7 Å². The van der Waals surface area contributed by atoms with Crippen LogP contribution in [0.15, 0.2) is 24.3 Å². The molecule has 0 saturated heterocycles. The van der Waals surface area contributed by atoms with Crippen molar-refractivity contribution in [3.05, 3.63) is 41.5 Å². The number of hydrogen-bond acceptors (Lipinski definition) is 6. The molecule has 0 unspecified atom stereocenters. The van der Waals surface area contributed by atoms with Crippen LogP contribution in [0.3, 0.4) is 0 Å². The second kappa shape index (κ2) is 5.76. The van der Waals surface area contributed by atoms with Crippen molar-refractivity contribution in [1.82, 2.24) is 39.9 Å². The van der Waals surface area contributed by atoms with Gasteiger partial charge in [-0.1, -0.05) is 12.1 Å². The van der Waals surface area contributed by atoms with Crippen LogP contribution in [-0.2, 0) is 13.6 Å². The van der Waals surface area contributed by atoms with Crippen molar-refractivity contribution >= 4 is 5.91 Å². The lowest BCUT2D eigenvalue weighted by molar-refractivity contribution is 0.0680. The third-order valence-electron chi connectivity index (χ3n) is 4.38. The van der Waals surface area contributed by atoms with Crippen LogP contribution < -0.4 is 0 Å². The summed E-state index contributed by atoms with van der Waals surface area (Å²) in [4.78, 5) is 16.0. The summed E-state index contributed by atoms with van der Waals surface area (Å²) in [5, 5.41) is 20.3. The maximum atomic E-state index is 12.8.